The van der Waals surface area contributed by atoms with E-state index in [0.717, 1.165) is 18.2 Å². The molecular weight excluding hydrogens is 1550 g/mol. The Hall–Kier alpha value is -16.0. The van der Waals surface area contributed by atoms with Gasteiger partial charge in [0.05, 0.1) is 77.3 Å². The number of fused-ring (bicyclic) bond motifs is 10. The lowest BCUT2D eigenvalue weighted by atomic mass is 9.95. The summed E-state index contributed by atoms with van der Waals surface area (Å²) >= 11 is 0. The van der Waals surface area contributed by atoms with Gasteiger partial charge in [-0.25, -0.2) is 142 Å². The molecule has 0 amide bonds. The lowest BCUT2D eigenvalue weighted by molar-refractivity contribution is 0.485. The molecule has 1 aliphatic carbocycles. The van der Waals surface area contributed by atoms with Crippen molar-refractivity contribution in [3.63, 3.8) is 0 Å². The molecule has 0 aliphatic heterocycles. The van der Waals surface area contributed by atoms with E-state index in [1.54, 1.807) is 158 Å². The van der Waals surface area contributed by atoms with E-state index in [1.807, 2.05) is 12.1 Å². The third-order valence-corrected chi connectivity index (χ3v) is 19.7. The van der Waals surface area contributed by atoms with Crippen molar-refractivity contribution in [3.05, 3.63) is 314 Å². The summed E-state index contributed by atoms with van der Waals surface area (Å²) in [6.07, 6.45) is 13.5. The van der Waals surface area contributed by atoms with E-state index in [1.165, 1.54) is 59.8 Å². The Balaban J connectivity index is 0.000000120. The molecule has 0 N–H and O–H groups in total. The molecule has 0 atom stereocenters. The van der Waals surface area contributed by atoms with Crippen molar-refractivity contribution in [3.8, 4) is 113 Å². The van der Waals surface area contributed by atoms with E-state index in [0.29, 0.717) is 101 Å². The van der Waals surface area contributed by atoms with E-state index in [-0.39, 0.29) is 28.8 Å². The van der Waals surface area contributed by atoms with Crippen molar-refractivity contribution in [1.82, 2.24) is 98.8 Å². The Bertz CT molecular complexity index is 7080. The fourth-order valence-corrected chi connectivity index (χ4v) is 14.6. The summed E-state index contributed by atoms with van der Waals surface area (Å²) in [6.45, 7) is 0. The third-order valence-electron chi connectivity index (χ3n) is 19.7. The molecule has 11 aromatic carbocycles. The topological polar surface area (TPSA) is 255 Å². The van der Waals surface area contributed by atoms with Gasteiger partial charge in [0, 0.05) is 56.6 Å². The first-order chi connectivity index (χ1) is 57.6. The Morgan fingerprint density at radius 2 is 0.644 bits per heavy atom. The molecule has 0 bridgehead atoms. The van der Waals surface area contributed by atoms with Crippen molar-refractivity contribution >= 4 is 65.7 Å². The van der Waals surface area contributed by atoms with Gasteiger partial charge >= 0.3 is 0 Å². The van der Waals surface area contributed by atoms with Gasteiger partial charge in [-0.3, -0.25) is 9.13 Å². The largest absolute Gasteiger partial charge is 0.452 e. The fourth-order valence-electron chi connectivity index (χ4n) is 14.6. The van der Waals surface area contributed by atoms with Gasteiger partial charge in [0.2, 0.25) is 0 Å². The molecule has 1 aliphatic rings. The normalized spacial score (nSPS) is 11.7. The predicted octanol–water partition coefficient (Wildman–Crippen LogP) is 18.8. The number of benzene rings is 11. The highest BCUT2D eigenvalue weighted by Crippen LogP contribution is 2.49. The number of hydrogen-bond acceptors (Lipinski definition) is 19. The van der Waals surface area contributed by atoms with Crippen molar-refractivity contribution in [2.24, 2.45) is 0 Å². The monoisotopic (exact) mass is 1580 g/mol. The van der Waals surface area contributed by atoms with Crippen molar-refractivity contribution in [1.29, 1.82) is 0 Å². The van der Waals surface area contributed by atoms with E-state index in [2.05, 4.69) is 89.7 Å². The van der Waals surface area contributed by atoms with Crippen LogP contribution in [0, 0.1) is 69.8 Å². The average molecular weight is 1590 g/mol. The Morgan fingerprint density at radius 1 is 0.288 bits per heavy atom. The van der Waals surface area contributed by atoms with Crippen LogP contribution >= 0.6 is 0 Å². The fraction of sp³-hybridized carbons (Fsp3) is 0.0118. The molecule has 21 rings (SSSR count). The highest BCUT2D eigenvalue weighted by atomic mass is 19.2. The average Bonchev–Trinajstić information content (AvgIpc) is 1.27. The summed E-state index contributed by atoms with van der Waals surface area (Å²) in [7, 11) is 0. The summed E-state index contributed by atoms with van der Waals surface area (Å²) in [5.74, 6) is -20.9. The van der Waals surface area contributed by atoms with Gasteiger partial charge in [-0.15, -0.1) is 0 Å². The van der Waals surface area contributed by atoms with E-state index >= 15 is 52.7 Å². The summed E-state index contributed by atoms with van der Waals surface area (Å²) in [5, 5.41) is -5.12. The Labute approximate surface area is 652 Å². The molecule has 20 aromatic rings. The smallest absolute Gasteiger partial charge is 0.180 e. The van der Waals surface area contributed by atoms with Crippen LogP contribution in [0.2, 0.25) is 0 Å². The molecule has 0 fully saturated rings. The Kier molecular flexibility index (Phi) is 17.9. The first-order valence-corrected chi connectivity index (χ1v) is 35.3. The zero-order chi connectivity index (χ0) is 80.7. The van der Waals surface area contributed by atoms with Crippen molar-refractivity contribution < 1.29 is 57.1 Å². The summed E-state index contributed by atoms with van der Waals surface area (Å²) < 4.78 is 201. The zero-order valence-electron chi connectivity index (χ0n) is 59.5. The molecule has 21 nitrogen and oxygen atoms in total. The number of aromatic nitrogens is 20. The number of nitrogens with zero attached hydrogens (tertiary/aromatic N) is 20. The SMILES string of the molecule is Fc1c(-c2nc3ccccc3n2-c2ccccc2)c(F)c2c(F)c(F)c(-c3nc4ccccc4n3-c3ccccc3)c(F)c2c1F.Fc1c(-c2ncnc3c2oc2ccccc23)c(F)c2c(F)c(F)c(-c3ncnc4c3Cc3ccccc3-4)c(F)c2c1F.c1ncnc(-c2cc(-c3ncncn3)c(-c3ncncn3)cc2-c2ncncn2)n1. The minimum Gasteiger partial charge on any atom is -0.452 e. The molecule has 570 valence electrons. The van der Waals surface area contributed by atoms with Crippen LogP contribution in [0.15, 0.2) is 238 Å². The second kappa shape index (κ2) is 29.2. The molecule has 118 heavy (non-hydrogen) atoms. The van der Waals surface area contributed by atoms with Gasteiger partial charge < -0.3 is 4.42 Å². The highest BCUT2D eigenvalue weighted by Gasteiger charge is 2.38. The number of hydrogen-bond donors (Lipinski definition) is 0. The highest BCUT2D eigenvalue weighted by molar-refractivity contribution is 6.07. The molecule has 33 heteroatoms. The lowest BCUT2D eigenvalue weighted by Crippen LogP contribution is -2.09. The van der Waals surface area contributed by atoms with Crippen LogP contribution in [0.5, 0.6) is 0 Å². The third kappa shape index (κ3) is 11.8. The van der Waals surface area contributed by atoms with Gasteiger partial charge in [-0.1, -0.05) is 97.1 Å². The molecule has 0 unspecified atom stereocenters. The summed E-state index contributed by atoms with van der Waals surface area (Å²) in [5.41, 5.74) is 1.97. The van der Waals surface area contributed by atoms with E-state index in [4.69, 9.17) is 4.42 Å². The molecule has 9 aromatic heterocycles. The first-order valence-electron chi connectivity index (χ1n) is 35.3. The molecule has 9 heterocycles. The molecule has 0 radical (unpaired) electrons. The second-order valence-corrected chi connectivity index (χ2v) is 26.1. The lowest BCUT2D eigenvalue weighted by Gasteiger charge is -2.16. The van der Waals surface area contributed by atoms with Crippen LogP contribution in [0.1, 0.15) is 11.1 Å². The van der Waals surface area contributed by atoms with Gasteiger partial charge in [0.25, 0.3) is 0 Å². The van der Waals surface area contributed by atoms with E-state index < -0.39 is 131 Å². The van der Waals surface area contributed by atoms with Crippen LogP contribution in [0.3, 0.4) is 0 Å². The van der Waals surface area contributed by atoms with Crippen molar-refractivity contribution in [2.45, 2.75) is 6.42 Å². The van der Waals surface area contributed by atoms with Gasteiger partial charge in [0.1, 0.15) is 103 Å². The van der Waals surface area contributed by atoms with Crippen LogP contribution < -0.4 is 0 Å². The molecule has 0 spiro atoms. The van der Waals surface area contributed by atoms with Crippen LogP contribution in [-0.4, -0.2) is 98.8 Å². The maximum Gasteiger partial charge on any atom is 0.180 e. The van der Waals surface area contributed by atoms with Crippen LogP contribution in [0.25, 0.3) is 179 Å². The van der Waals surface area contributed by atoms with Crippen molar-refractivity contribution in [2.75, 3.05) is 0 Å². The molecule has 0 saturated carbocycles. The second-order valence-electron chi connectivity index (χ2n) is 26.1. The number of imidazole rings is 2. The van der Waals surface area contributed by atoms with Gasteiger partial charge in [-0.2, -0.15) is 0 Å². The van der Waals surface area contributed by atoms with Crippen LogP contribution in [-0.2, 0) is 6.42 Å². The molecular formula is C85H40F12N20O. The maximum atomic E-state index is 16.4. The number of furan rings is 1. The van der Waals surface area contributed by atoms with Gasteiger partial charge in [0.15, 0.2) is 87.1 Å². The summed E-state index contributed by atoms with van der Waals surface area (Å²) in [4.78, 5) is 74.6. The maximum absolute atomic E-state index is 16.4. The number of rotatable bonds is 10. The summed E-state index contributed by atoms with van der Waals surface area (Å²) in [6, 6.07) is 47.1. The number of para-hydroxylation sites is 7. The first kappa shape index (κ1) is 72.3. The minimum atomic E-state index is -1.93. The number of halogens is 12. The standard InChI is InChI=1S/C36H18F6N4.C31H12F6N4O.C18H10N12/c37-29-25-26(31(39)33(41)27(29)35-43-21-15-7-9-17-23(21)45(35)19-11-3-1-4-12-19)30(38)28(34(42)32(25)40)36-44-22-16-8-10-18-24(22)46(36)20-13-5-2-6-14-20;32-21-17-18(23(34)25(36)19(21)28-15-9-12-5-1-2-6-13(12)27(15)38-10-39-28)22(33)20(26(37)24(17)35)30-31-29(40-11-41-30)14-7-3-4-8-16(14)42-31;1-11(15-23-3-19-4-24-15)13(17-27-7-21-8-28-17)2-14(18-29-9-22-10-30-18)12(1)16-25-5-20-6-26-16/h1-18H;1-8,10-11H,9H2;1-10H. The quantitative estimate of drug-likeness (QED) is 0.0910. The van der Waals surface area contributed by atoms with Gasteiger partial charge in [-0.05, 0) is 78.4 Å². The predicted molar refractivity (Wildman–Crippen MR) is 407 cm³/mol. The zero-order valence-corrected chi connectivity index (χ0v) is 59.5. The van der Waals surface area contributed by atoms with Crippen LogP contribution in [0.4, 0.5) is 52.7 Å². The molecule has 0 saturated heterocycles. The minimum absolute atomic E-state index is 0.154. The van der Waals surface area contributed by atoms with E-state index in [9.17, 15) is 0 Å². The Morgan fingerprint density at radius 3 is 1.10 bits per heavy atom.